The molecule has 0 bridgehead atoms. The summed E-state index contributed by atoms with van der Waals surface area (Å²) in [5, 5.41) is 13.9. The second-order valence-corrected chi connectivity index (χ2v) is 5.62. The van der Waals surface area contributed by atoms with Crippen LogP contribution in [0.5, 0.6) is 11.6 Å². The van der Waals surface area contributed by atoms with Gasteiger partial charge in [-0.05, 0) is 41.1 Å². The molecule has 0 unspecified atom stereocenters. The molecular formula is C12H10Br2N4O3. The number of rotatable bonds is 5. The molecule has 0 aliphatic heterocycles. The maximum Gasteiger partial charge on any atom is 0.349 e. The van der Waals surface area contributed by atoms with Crippen LogP contribution < -0.4 is 10.1 Å². The van der Waals surface area contributed by atoms with Gasteiger partial charge in [0.05, 0.1) is 9.40 Å². The number of nitro groups is 1. The number of anilines is 1. The molecule has 0 saturated heterocycles. The molecule has 0 spiro atoms. The zero-order valence-electron chi connectivity index (χ0n) is 10.8. The average molecular weight is 418 g/mol. The summed E-state index contributed by atoms with van der Waals surface area (Å²) in [7, 11) is 0. The monoisotopic (exact) mass is 416 g/mol. The predicted octanol–water partition coefficient (Wildman–Crippen LogP) is 4.13. The Morgan fingerprint density at radius 3 is 2.81 bits per heavy atom. The lowest BCUT2D eigenvalue weighted by atomic mass is 10.3. The summed E-state index contributed by atoms with van der Waals surface area (Å²) in [6.45, 7) is 2.47. The van der Waals surface area contributed by atoms with Crippen molar-refractivity contribution in [1.82, 2.24) is 9.97 Å². The fourth-order valence-corrected chi connectivity index (χ4v) is 2.59. The molecule has 1 heterocycles. The van der Waals surface area contributed by atoms with Crippen molar-refractivity contribution in [1.29, 1.82) is 0 Å². The van der Waals surface area contributed by atoms with E-state index in [4.69, 9.17) is 4.74 Å². The molecule has 0 radical (unpaired) electrons. The molecule has 0 amide bonds. The molecule has 0 atom stereocenters. The fourth-order valence-electron chi connectivity index (χ4n) is 1.47. The van der Waals surface area contributed by atoms with Crippen molar-refractivity contribution in [2.24, 2.45) is 0 Å². The van der Waals surface area contributed by atoms with Crippen LogP contribution in [-0.2, 0) is 0 Å². The highest BCUT2D eigenvalue weighted by atomic mass is 79.9. The van der Waals surface area contributed by atoms with Gasteiger partial charge in [-0.25, -0.2) is 4.98 Å². The van der Waals surface area contributed by atoms with Crippen LogP contribution in [0.3, 0.4) is 0 Å². The number of hydrogen-bond donors (Lipinski definition) is 1. The van der Waals surface area contributed by atoms with Crippen LogP contribution in [0.4, 0.5) is 11.6 Å². The van der Waals surface area contributed by atoms with E-state index in [2.05, 4.69) is 47.1 Å². The molecule has 0 aliphatic rings. The molecule has 2 aromatic rings. The highest BCUT2D eigenvalue weighted by Gasteiger charge is 2.20. The van der Waals surface area contributed by atoms with Crippen molar-refractivity contribution in [3.05, 3.63) is 43.5 Å². The first-order valence-corrected chi connectivity index (χ1v) is 7.48. The molecule has 1 N–H and O–H groups in total. The number of hydrogen-bond acceptors (Lipinski definition) is 6. The number of benzene rings is 1. The van der Waals surface area contributed by atoms with Crippen LogP contribution in [-0.4, -0.2) is 21.4 Å². The van der Waals surface area contributed by atoms with Gasteiger partial charge in [0.2, 0.25) is 5.95 Å². The highest BCUT2D eigenvalue weighted by molar-refractivity contribution is 9.11. The summed E-state index contributed by atoms with van der Waals surface area (Å²) < 4.78 is 7.04. The number of nitrogens with zero attached hydrogens (tertiary/aromatic N) is 3. The number of halogens is 2. The fraction of sp³-hybridized carbons (Fsp3) is 0.167. The van der Waals surface area contributed by atoms with Crippen molar-refractivity contribution >= 4 is 43.5 Å². The minimum atomic E-state index is -0.585. The molecule has 0 saturated carbocycles. The van der Waals surface area contributed by atoms with E-state index in [1.165, 1.54) is 0 Å². The van der Waals surface area contributed by atoms with E-state index in [1.54, 1.807) is 18.2 Å². The van der Waals surface area contributed by atoms with Crippen LogP contribution in [0.1, 0.15) is 6.92 Å². The molecule has 7 nitrogen and oxygen atoms in total. The minimum absolute atomic E-state index is 0.117. The Morgan fingerprint density at radius 2 is 2.19 bits per heavy atom. The quantitative estimate of drug-likeness (QED) is 0.580. The van der Waals surface area contributed by atoms with Gasteiger partial charge in [-0.3, -0.25) is 10.1 Å². The smallest absolute Gasteiger partial charge is 0.349 e. The topological polar surface area (TPSA) is 90.2 Å². The SMILES string of the molecule is CCNc1ncc([N+](=O)[O-])c(Oc2ccc(Br)cc2Br)n1. The lowest BCUT2D eigenvalue weighted by Crippen LogP contribution is -2.05. The van der Waals surface area contributed by atoms with E-state index < -0.39 is 4.92 Å². The van der Waals surface area contributed by atoms with Crippen LogP contribution in [0, 0.1) is 10.1 Å². The van der Waals surface area contributed by atoms with E-state index in [1.807, 2.05) is 6.92 Å². The Balaban J connectivity index is 2.40. The van der Waals surface area contributed by atoms with Gasteiger partial charge in [0.25, 0.3) is 0 Å². The van der Waals surface area contributed by atoms with Gasteiger partial charge in [0.15, 0.2) is 0 Å². The first kappa shape index (κ1) is 15.6. The summed E-state index contributed by atoms with van der Waals surface area (Å²) in [4.78, 5) is 18.3. The second-order valence-electron chi connectivity index (χ2n) is 3.85. The Kier molecular flexibility index (Phi) is 5.07. The van der Waals surface area contributed by atoms with Crippen LogP contribution in [0.2, 0.25) is 0 Å². The van der Waals surface area contributed by atoms with Gasteiger partial charge < -0.3 is 10.1 Å². The molecule has 2 rings (SSSR count). The van der Waals surface area contributed by atoms with Crippen molar-refractivity contribution in [3.8, 4) is 11.6 Å². The summed E-state index contributed by atoms with van der Waals surface area (Å²) in [6.07, 6.45) is 1.12. The molecule has 9 heteroatoms. The third-order valence-corrected chi connectivity index (χ3v) is 3.48. The van der Waals surface area contributed by atoms with Crippen LogP contribution in [0.15, 0.2) is 33.3 Å². The predicted molar refractivity (Wildman–Crippen MR) is 84.8 cm³/mol. The van der Waals surface area contributed by atoms with E-state index in [-0.39, 0.29) is 17.5 Å². The Morgan fingerprint density at radius 1 is 1.43 bits per heavy atom. The Hall–Kier alpha value is -1.74. The molecule has 1 aromatic heterocycles. The van der Waals surface area contributed by atoms with Crippen LogP contribution in [0.25, 0.3) is 0 Å². The molecule has 110 valence electrons. The third kappa shape index (κ3) is 3.88. The van der Waals surface area contributed by atoms with E-state index >= 15 is 0 Å². The molecular weight excluding hydrogens is 408 g/mol. The Labute approximate surface area is 137 Å². The number of ether oxygens (including phenoxy) is 1. The van der Waals surface area contributed by atoms with Crippen molar-refractivity contribution in [3.63, 3.8) is 0 Å². The van der Waals surface area contributed by atoms with Crippen LogP contribution >= 0.6 is 31.9 Å². The first-order chi connectivity index (χ1) is 10.0. The largest absolute Gasteiger partial charge is 0.432 e. The number of aromatic nitrogens is 2. The van der Waals surface area contributed by atoms with Gasteiger partial charge in [-0.1, -0.05) is 15.9 Å². The van der Waals surface area contributed by atoms with Gasteiger partial charge in [-0.2, -0.15) is 4.98 Å². The van der Waals surface area contributed by atoms with Gasteiger partial charge >= 0.3 is 11.6 Å². The summed E-state index contributed by atoms with van der Waals surface area (Å²) in [6, 6.07) is 5.21. The van der Waals surface area contributed by atoms with Crippen molar-refractivity contribution < 1.29 is 9.66 Å². The minimum Gasteiger partial charge on any atom is -0.432 e. The van der Waals surface area contributed by atoms with E-state index in [0.29, 0.717) is 16.8 Å². The normalized spacial score (nSPS) is 10.2. The molecule has 0 aliphatic carbocycles. The summed E-state index contributed by atoms with van der Waals surface area (Å²) in [5.41, 5.74) is -0.300. The highest BCUT2D eigenvalue weighted by Crippen LogP contribution is 2.35. The average Bonchev–Trinajstić information content (AvgIpc) is 2.42. The van der Waals surface area contributed by atoms with E-state index in [0.717, 1.165) is 10.7 Å². The van der Waals surface area contributed by atoms with Gasteiger partial charge in [0.1, 0.15) is 11.9 Å². The van der Waals surface area contributed by atoms with Crippen molar-refractivity contribution in [2.75, 3.05) is 11.9 Å². The van der Waals surface area contributed by atoms with E-state index in [9.17, 15) is 10.1 Å². The number of nitrogens with one attached hydrogen (secondary N) is 1. The maximum atomic E-state index is 11.0. The van der Waals surface area contributed by atoms with Gasteiger partial charge in [-0.15, -0.1) is 0 Å². The zero-order chi connectivity index (χ0) is 15.4. The van der Waals surface area contributed by atoms with Crippen molar-refractivity contribution in [2.45, 2.75) is 6.92 Å². The summed E-state index contributed by atoms with van der Waals surface area (Å²) in [5.74, 6) is 0.572. The second kappa shape index (κ2) is 6.81. The summed E-state index contributed by atoms with van der Waals surface area (Å²) >= 11 is 6.65. The third-order valence-electron chi connectivity index (χ3n) is 2.37. The lowest BCUT2D eigenvalue weighted by Gasteiger charge is -2.09. The molecule has 1 aromatic carbocycles. The lowest BCUT2D eigenvalue weighted by molar-refractivity contribution is -0.386. The molecule has 21 heavy (non-hydrogen) atoms. The Bertz CT molecular complexity index is 682. The standard InChI is InChI=1S/C12H10Br2N4O3/c1-2-15-12-16-6-9(18(19)20)11(17-12)21-10-4-3-7(13)5-8(10)14/h3-6H,2H2,1H3,(H,15,16,17). The maximum absolute atomic E-state index is 11.0. The first-order valence-electron chi connectivity index (χ1n) is 5.89. The van der Waals surface area contributed by atoms with Gasteiger partial charge in [0, 0.05) is 11.0 Å². The molecule has 0 fully saturated rings. The zero-order valence-corrected chi connectivity index (χ0v) is 14.0.